The third-order valence-corrected chi connectivity index (χ3v) is 0.699. The van der Waals surface area contributed by atoms with Gasteiger partial charge in [-0.3, -0.25) is 0 Å². The van der Waals surface area contributed by atoms with Gasteiger partial charge in [0.05, 0.1) is 6.61 Å². The Labute approximate surface area is 33.9 Å². The van der Waals surface area contributed by atoms with Crippen LogP contribution in [0.3, 0.4) is 0 Å². The van der Waals surface area contributed by atoms with Crippen molar-refractivity contribution in [2.45, 2.75) is 12.5 Å². The molecule has 1 heterocycles. The summed E-state index contributed by atoms with van der Waals surface area (Å²) in [6.45, 7) is -0.0683. The summed E-state index contributed by atoms with van der Waals surface area (Å²) >= 11 is 0. The van der Waals surface area contributed by atoms with Crippen molar-refractivity contribution in [2.75, 3.05) is 6.61 Å². The van der Waals surface area contributed by atoms with E-state index in [2.05, 4.69) is 4.74 Å². The molecule has 2 atom stereocenters. The molecular formula is C3H4F2O. The van der Waals surface area contributed by atoms with Crippen molar-refractivity contribution < 1.29 is 13.5 Å². The van der Waals surface area contributed by atoms with Crippen LogP contribution in [0.5, 0.6) is 0 Å². The number of halogens is 2. The van der Waals surface area contributed by atoms with Gasteiger partial charge in [-0.2, -0.15) is 0 Å². The zero-order valence-electron chi connectivity index (χ0n) is 3.03. The van der Waals surface area contributed by atoms with Crippen molar-refractivity contribution in [3.8, 4) is 0 Å². The number of alkyl halides is 2. The predicted octanol–water partition coefficient (Wildman–Crippen LogP) is 0.650. The molecule has 0 spiro atoms. The molecule has 0 aliphatic carbocycles. The summed E-state index contributed by atoms with van der Waals surface area (Å²) in [6.07, 6.45) is -2.99. The summed E-state index contributed by atoms with van der Waals surface area (Å²) < 4.78 is 26.7. The topological polar surface area (TPSA) is 9.23 Å². The molecule has 0 radical (unpaired) electrons. The summed E-state index contributed by atoms with van der Waals surface area (Å²) in [5, 5.41) is 0. The van der Waals surface area contributed by atoms with Gasteiger partial charge in [0.15, 0.2) is 6.17 Å². The minimum atomic E-state index is -1.63. The molecule has 36 valence electrons. The molecule has 0 aromatic carbocycles. The highest BCUT2D eigenvalue weighted by atomic mass is 19.2. The number of ether oxygens (including phenoxy) is 1. The van der Waals surface area contributed by atoms with Gasteiger partial charge in [-0.1, -0.05) is 0 Å². The lowest BCUT2D eigenvalue weighted by molar-refractivity contribution is -0.193. The first kappa shape index (κ1) is 3.99. The molecule has 0 bridgehead atoms. The van der Waals surface area contributed by atoms with Crippen molar-refractivity contribution in [2.24, 2.45) is 0 Å². The van der Waals surface area contributed by atoms with E-state index in [-0.39, 0.29) is 6.61 Å². The molecule has 2 unspecified atom stereocenters. The van der Waals surface area contributed by atoms with Crippen LogP contribution in [-0.2, 0) is 4.74 Å². The highest BCUT2D eigenvalue weighted by molar-refractivity contribution is 4.66. The predicted molar refractivity (Wildman–Crippen MR) is 15.7 cm³/mol. The van der Waals surface area contributed by atoms with E-state index in [0.717, 1.165) is 0 Å². The van der Waals surface area contributed by atoms with Crippen LogP contribution in [-0.4, -0.2) is 19.1 Å². The van der Waals surface area contributed by atoms with E-state index in [9.17, 15) is 8.78 Å². The molecular weight excluding hydrogens is 90.0 g/mol. The van der Waals surface area contributed by atoms with E-state index in [1.165, 1.54) is 0 Å². The smallest absolute Gasteiger partial charge is 0.232 e. The standard InChI is InChI=1S/C3H4F2O/c4-2-1-6-3(2)5/h2-3H,1H2. The minimum Gasteiger partial charge on any atom is -0.343 e. The lowest BCUT2D eigenvalue weighted by Gasteiger charge is -2.22. The zero-order valence-corrected chi connectivity index (χ0v) is 3.03. The molecule has 0 aromatic heterocycles. The lowest BCUT2D eigenvalue weighted by Crippen LogP contribution is -2.37. The zero-order chi connectivity index (χ0) is 4.57. The van der Waals surface area contributed by atoms with Crippen LogP contribution in [0.1, 0.15) is 0 Å². The van der Waals surface area contributed by atoms with Gasteiger partial charge >= 0.3 is 0 Å². The first-order valence-corrected chi connectivity index (χ1v) is 1.70. The average molecular weight is 94.1 g/mol. The molecule has 1 rings (SSSR count). The molecule has 0 aromatic rings. The van der Waals surface area contributed by atoms with E-state index >= 15 is 0 Å². The summed E-state index contributed by atoms with van der Waals surface area (Å²) in [7, 11) is 0. The Hall–Kier alpha value is -0.180. The normalized spacial score (nSPS) is 45.0. The van der Waals surface area contributed by atoms with Crippen LogP contribution >= 0.6 is 0 Å². The largest absolute Gasteiger partial charge is 0.343 e. The van der Waals surface area contributed by atoms with Crippen LogP contribution in [0.25, 0.3) is 0 Å². The van der Waals surface area contributed by atoms with Crippen molar-refractivity contribution in [3.05, 3.63) is 0 Å². The van der Waals surface area contributed by atoms with Gasteiger partial charge in [-0.25, -0.2) is 8.78 Å². The van der Waals surface area contributed by atoms with Gasteiger partial charge in [0.1, 0.15) is 0 Å². The van der Waals surface area contributed by atoms with E-state index in [1.807, 2.05) is 0 Å². The highest BCUT2D eigenvalue weighted by Gasteiger charge is 2.31. The third-order valence-electron chi connectivity index (χ3n) is 0.699. The Morgan fingerprint density at radius 1 is 1.50 bits per heavy atom. The fourth-order valence-electron chi connectivity index (χ4n) is 0.242. The van der Waals surface area contributed by atoms with Gasteiger partial charge in [0.25, 0.3) is 0 Å². The maximum absolute atomic E-state index is 11.4. The first-order chi connectivity index (χ1) is 2.80. The molecule has 1 aliphatic heterocycles. The van der Waals surface area contributed by atoms with Crippen molar-refractivity contribution in [3.63, 3.8) is 0 Å². The molecule has 1 nitrogen and oxygen atoms in total. The van der Waals surface area contributed by atoms with Crippen molar-refractivity contribution in [1.29, 1.82) is 0 Å². The minimum absolute atomic E-state index is 0.0683. The van der Waals surface area contributed by atoms with Crippen molar-refractivity contribution in [1.82, 2.24) is 0 Å². The second kappa shape index (κ2) is 1.15. The van der Waals surface area contributed by atoms with Gasteiger partial charge in [-0.15, -0.1) is 0 Å². The molecule has 1 fully saturated rings. The van der Waals surface area contributed by atoms with Crippen molar-refractivity contribution >= 4 is 0 Å². The average Bonchev–Trinajstić information content (AvgIpc) is 1.61. The van der Waals surface area contributed by atoms with Gasteiger partial charge < -0.3 is 4.74 Å². The summed E-state index contributed by atoms with van der Waals surface area (Å²) in [5.41, 5.74) is 0. The molecule has 6 heavy (non-hydrogen) atoms. The fraction of sp³-hybridized carbons (Fsp3) is 1.00. The van der Waals surface area contributed by atoms with Crippen LogP contribution in [0.2, 0.25) is 0 Å². The van der Waals surface area contributed by atoms with E-state index in [4.69, 9.17) is 0 Å². The quantitative estimate of drug-likeness (QED) is 0.428. The molecule has 0 N–H and O–H groups in total. The second-order valence-electron chi connectivity index (χ2n) is 1.20. The Kier molecular flexibility index (Phi) is 0.765. The molecule has 0 saturated carbocycles. The molecule has 3 heteroatoms. The molecule has 1 aliphatic rings. The van der Waals surface area contributed by atoms with E-state index in [1.54, 1.807) is 0 Å². The SMILES string of the molecule is FC1COC1F. The maximum Gasteiger partial charge on any atom is 0.232 e. The van der Waals surface area contributed by atoms with Crippen LogP contribution < -0.4 is 0 Å². The molecule has 1 saturated heterocycles. The maximum atomic E-state index is 11.4. The monoisotopic (exact) mass is 94.0 g/mol. The highest BCUT2D eigenvalue weighted by Crippen LogP contribution is 2.15. The van der Waals surface area contributed by atoms with Crippen LogP contribution in [0, 0.1) is 0 Å². The van der Waals surface area contributed by atoms with Gasteiger partial charge in [-0.05, 0) is 0 Å². The van der Waals surface area contributed by atoms with Gasteiger partial charge in [0.2, 0.25) is 6.36 Å². The Balaban J connectivity index is 2.20. The summed E-state index contributed by atoms with van der Waals surface area (Å²) in [5.74, 6) is 0. The first-order valence-electron chi connectivity index (χ1n) is 1.70. The molecule has 0 amide bonds. The fourth-order valence-corrected chi connectivity index (χ4v) is 0.242. The van der Waals surface area contributed by atoms with Crippen LogP contribution in [0.4, 0.5) is 8.78 Å². The number of hydrogen-bond donors (Lipinski definition) is 0. The van der Waals surface area contributed by atoms with Gasteiger partial charge in [0, 0.05) is 0 Å². The summed E-state index contributed by atoms with van der Waals surface area (Å²) in [6, 6.07) is 0. The number of hydrogen-bond acceptors (Lipinski definition) is 1. The Bertz CT molecular complexity index is 48.8. The second-order valence-corrected chi connectivity index (χ2v) is 1.20. The Morgan fingerprint density at radius 3 is 2.00 bits per heavy atom. The van der Waals surface area contributed by atoms with E-state index in [0.29, 0.717) is 0 Å². The summed E-state index contributed by atoms with van der Waals surface area (Å²) in [4.78, 5) is 0. The number of rotatable bonds is 0. The lowest BCUT2D eigenvalue weighted by atomic mass is 10.3. The third kappa shape index (κ3) is 0.391. The Morgan fingerprint density at radius 2 is 2.00 bits per heavy atom. The van der Waals surface area contributed by atoms with Crippen LogP contribution in [0.15, 0.2) is 0 Å². The van der Waals surface area contributed by atoms with E-state index < -0.39 is 12.5 Å².